The highest BCUT2D eigenvalue weighted by Crippen LogP contribution is 2.29. The fourth-order valence-corrected chi connectivity index (χ4v) is 4.43. The fraction of sp³-hybridized carbons (Fsp3) is 0.286. The van der Waals surface area contributed by atoms with Gasteiger partial charge in [0.2, 0.25) is 11.8 Å². The van der Waals surface area contributed by atoms with E-state index in [1.165, 1.54) is 11.3 Å². The first-order valence-corrected chi connectivity index (χ1v) is 10.0. The number of thiazole rings is 1. The van der Waals surface area contributed by atoms with Crippen molar-refractivity contribution in [2.45, 2.75) is 26.2 Å². The van der Waals surface area contributed by atoms with Crippen LogP contribution in [0.4, 0.5) is 10.8 Å². The van der Waals surface area contributed by atoms with Crippen molar-refractivity contribution >= 4 is 44.2 Å². The van der Waals surface area contributed by atoms with Crippen LogP contribution in [-0.4, -0.2) is 29.9 Å². The second kappa shape index (κ2) is 7.48. The van der Waals surface area contributed by atoms with Crippen molar-refractivity contribution < 1.29 is 9.59 Å². The molecule has 0 spiro atoms. The first-order chi connectivity index (χ1) is 13.2. The number of fused-ring (bicyclic) bond motifs is 1. The number of carbonyl (C=O) groups excluding carboxylic acids is 2. The molecule has 0 atom stereocenters. The molecule has 0 saturated carbocycles. The van der Waals surface area contributed by atoms with Gasteiger partial charge in [-0.3, -0.25) is 14.5 Å². The third-order valence-corrected chi connectivity index (χ3v) is 5.87. The molecule has 27 heavy (non-hydrogen) atoms. The number of hydrogen-bond acceptors (Lipinski definition) is 4. The summed E-state index contributed by atoms with van der Waals surface area (Å²) < 4.78 is 1.08. The Morgan fingerprint density at radius 2 is 1.96 bits per heavy atom. The van der Waals surface area contributed by atoms with Gasteiger partial charge in [0.05, 0.1) is 16.6 Å². The molecule has 4 rings (SSSR count). The van der Waals surface area contributed by atoms with Gasteiger partial charge < -0.3 is 4.90 Å². The zero-order valence-corrected chi connectivity index (χ0v) is 16.0. The molecule has 1 fully saturated rings. The van der Waals surface area contributed by atoms with E-state index in [0.29, 0.717) is 19.4 Å². The van der Waals surface area contributed by atoms with E-state index in [1.807, 2.05) is 60.4 Å². The average molecular weight is 379 g/mol. The highest BCUT2D eigenvalue weighted by Gasteiger charge is 2.22. The van der Waals surface area contributed by atoms with Crippen molar-refractivity contribution in [3.63, 3.8) is 0 Å². The van der Waals surface area contributed by atoms with Crippen molar-refractivity contribution in [3.8, 4) is 0 Å². The second-order valence-corrected chi connectivity index (χ2v) is 7.60. The maximum atomic E-state index is 12.8. The van der Waals surface area contributed by atoms with Gasteiger partial charge in [-0.05, 0) is 43.2 Å². The molecular weight excluding hydrogens is 358 g/mol. The minimum atomic E-state index is 0.0292. The first-order valence-electron chi connectivity index (χ1n) is 9.21. The fourth-order valence-electron chi connectivity index (χ4n) is 3.38. The van der Waals surface area contributed by atoms with Crippen molar-refractivity contribution in [2.75, 3.05) is 22.9 Å². The molecule has 3 aromatic rings. The van der Waals surface area contributed by atoms with Crippen molar-refractivity contribution in [1.82, 2.24) is 4.98 Å². The Hall–Kier alpha value is -2.73. The summed E-state index contributed by atoms with van der Waals surface area (Å²) in [7, 11) is 0. The lowest BCUT2D eigenvalue weighted by atomic mass is 10.1. The van der Waals surface area contributed by atoms with Gasteiger partial charge in [0.25, 0.3) is 0 Å². The molecule has 2 amide bonds. The van der Waals surface area contributed by atoms with Crippen LogP contribution in [0.25, 0.3) is 10.2 Å². The van der Waals surface area contributed by atoms with Gasteiger partial charge in [-0.15, -0.1) is 0 Å². The van der Waals surface area contributed by atoms with E-state index in [2.05, 4.69) is 4.98 Å². The summed E-state index contributed by atoms with van der Waals surface area (Å²) in [5, 5.41) is 0.739. The van der Waals surface area contributed by atoms with Crippen LogP contribution in [0.5, 0.6) is 0 Å². The summed E-state index contributed by atoms with van der Waals surface area (Å²) in [6.07, 6.45) is 1.85. The SMILES string of the molecule is CCN(C(=O)Cc1ccc(N2CCCC2=O)cc1)c1nc2ccccc2s1. The molecule has 1 aliphatic heterocycles. The molecule has 0 unspecified atom stereocenters. The van der Waals surface area contributed by atoms with E-state index in [-0.39, 0.29) is 11.8 Å². The highest BCUT2D eigenvalue weighted by molar-refractivity contribution is 7.22. The van der Waals surface area contributed by atoms with E-state index < -0.39 is 0 Å². The molecular formula is C21H21N3O2S. The number of hydrogen-bond donors (Lipinski definition) is 0. The van der Waals surface area contributed by atoms with Gasteiger partial charge in [-0.25, -0.2) is 4.98 Å². The number of nitrogens with zero attached hydrogens (tertiary/aromatic N) is 3. The standard InChI is InChI=1S/C21H21N3O2S/c1-2-23(21-22-17-6-3-4-7-18(17)27-21)20(26)14-15-9-11-16(12-10-15)24-13-5-8-19(24)25/h3-4,6-7,9-12H,2,5,8,13-14H2,1H3. The van der Waals surface area contributed by atoms with Crippen LogP contribution in [-0.2, 0) is 16.0 Å². The second-order valence-electron chi connectivity index (χ2n) is 6.59. The Kier molecular flexibility index (Phi) is 4.90. The van der Waals surface area contributed by atoms with E-state index in [1.54, 1.807) is 4.90 Å². The number of aromatic nitrogens is 1. The normalized spacial score (nSPS) is 14.1. The van der Waals surface area contributed by atoms with Crippen LogP contribution in [0.1, 0.15) is 25.3 Å². The summed E-state index contributed by atoms with van der Waals surface area (Å²) in [4.78, 5) is 32.8. The van der Waals surface area contributed by atoms with E-state index in [9.17, 15) is 9.59 Å². The third-order valence-electron chi connectivity index (χ3n) is 4.81. The van der Waals surface area contributed by atoms with Gasteiger partial charge in [0, 0.05) is 25.2 Å². The van der Waals surface area contributed by atoms with Crippen LogP contribution in [0, 0.1) is 0 Å². The van der Waals surface area contributed by atoms with Gasteiger partial charge in [-0.1, -0.05) is 35.6 Å². The number of likely N-dealkylation sites (N-methyl/N-ethyl adjacent to an activating group) is 1. The van der Waals surface area contributed by atoms with Gasteiger partial charge in [0.15, 0.2) is 5.13 Å². The summed E-state index contributed by atoms with van der Waals surface area (Å²) in [5.41, 5.74) is 2.77. The Bertz CT molecular complexity index is 948. The summed E-state index contributed by atoms with van der Waals surface area (Å²) in [6, 6.07) is 15.7. The molecule has 0 radical (unpaired) electrons. The molecule has 0 aliphatic carbocycles. The van der Waals surface area contributed by atoms with Gasteiger partial charge in [0.1, 0.15) is 0 Å². The van der Waals surface area contributed by atoms with Crippen LogP contribution in [0.3, 0.4) is 0 Å². The Balaban J connectivity index is 1.49. The summed E-state index contributed by atoms with van der Waals surface area (Å²) >= 11 is 1.54. The number of rotatable bonds is 5. The maximum absolute atomic E-state index is 12.8. The van der Waals surface area contributed by atoms with E-state index in [0.717, 1.165) is 39.6 Å². The molecule has 1 saturated heterocycles. The minimum absolute atomic E-state index is 0.0292. The lowest BCUT2D eigenvalue weighted by Gasteiger charge is -2.18. The predicted octanol–water partition coefficient (Wildman–Crippen LogP) is 4.02. The number of carbonyl (C=O) groups is 2. The average Bonchev–Trinajstić information content (AvgIpc) is 3.29. The zero-order chi connectivity index (χ0) is 18.8. The van der Waals surface area contributed by atoms with E-state index in [4.69, 9.17) is 0 Å². The predicted molar refractivity (Wildman–Crippen MR) is 109 cm³/mol. The highest BCUT2D eigenvalue weighted by atomic mass is 32.1. The molecule has 5 nitrogen and oxygen atoms in total. The van der Waals surface area contributed by atoms with Crippen LogP contribution < -0.4 is 9.80 Å². The quantitative estimate of drug-likeness (QED) is 0.673. The lowest BCUT2D eigenvalue weighted by Crippen LogP contribution is -2.31. The molecule has 138 valence electrons. The van der Waals surface area contributed by atoms with E-state index >= 15 is 0 Å². The maximum Gasteiger partial charge on any atom is 0.233 e. The largest absolute Gasteiger partial charge is 0.312 e. The lowest BCUT2D eigenvalue weighted by molar-refractivity contribution is -0.118. The molecule has 0 bridgehead atoms. The number of benzene rings is 2. The Morgan fingerprint density at radius 1 is 1.19 bits per heavy atom. The third kappa shape index (κ3) is 3.57. The Labute approximate surface area is 162 Å². The molecule has 1 aromatic heterocycles. The molecule has 6 heteroatoms. The van der Waals surface area contributed by atoms with Crippen molar-refractivity contribution in [3.05, 3.63) is 54.1 Å². The molecule has 1 aliphatic rings. The monoisotopic (exact) mass is 379 g/mol. The summed E-state index contributed by atoms with van der Waals surface area (Å²) in [6.45, 7) is 3.32. The first kappa shape index (κ1) is 17.7. The zero-order valence-electron chi connectivity index (χ0n) is 15.2. The summed E-state index contributed by atoms with van der Waals surface area (Å²) in [5.74, 6) is 0.202. The molecule has 2 heterocycles. The molecule has 0 N–H and O–H groups in total. The number of anilines is 2. The number of amides is 2. The van der Waals surface area contributed by atoms with Crippen LogP contribution >= 0.6 is 11.3 Å². The Morgan fingerprint density at radius 3 is 2.63 bits per heavy atom. The number of para-hydroxylation sites is 1. The van der Waals surface area contributed by atoms with Gasteiger partial charge in [-0.2, -0.15) is 0 Å². The van der Waals surface area contributed by atoms with Crippen LogP contribution in [0.15, 0.2) is 48.5 Å². The molecule has 2 aromatic carbocycles. The van der Waals surface area contributed by atoms with Crippen LogP contribution in [0.2, 0.25) is 0 Å². The van der Waals surface area contributed by atoms with Crippen molar-refractivity contribution in [2.24, 2.45) is 0 Å². The minimum Gasteiger partial charge on any atom is -0.312 e. The smallest absolute Gasteiger partial charge is 0.233 e. The van der Waals surface area contributed by atoms with Gasteiger partial charge >= 0.3 is 0 Å². The topological polar surface area (TPSA) is 53.5 Å². The van der Waals surface area contributed by atoms with Crippen molar-refractivity contribution in [1.29, 1.82) is 0 Å².